The number of carbonyl (C=O) groups is 1. The van der Waals surface area contributed by atoms with Gasteiger partial charge in [-0.2, -0.15) is 13.2 Å². The fraction of sp³-hybridized carbons (Fsp3) is 0.267. The van der Waals surface area contributed by atoms with E-state index in [0.29, 0.717) is 5.56 Å². The Kier molecular flexibility index (Phi) is 3.88. The van der Waals surface area contributed by atoms with Crippen molar-refractivity contribution in [3.8, 4) is 18.1 Å². The number of halogens is 4. The summed E-state index contributed by atoms with van der Waals surface area (Å²) in [5.74, 6) is 0.341. The number of rotatable bonds is 2. The minimum atomic E-state index is -4.92. The SMILES string of the molecule is C#Cc1cc(Cl)c2c(c1)C=C(C(=O)O)C(CC)(C(F)(F)F)O2. The lowest BCUT2D eigenvalue weighted by atomic mass is 9.85. The van der Waals surface area contributed by atoms with E-state index in [4.69, 9.17) is 27.9 Å². The zero-order chi connectivity index (χ0) is 16.7. The van der Waals surface area contributed by atoms with Crippen LogP contribution >= 0.6 is 11.6 Å². The zero-order valence-corrected chi connectivity index (χ0v) is 12.0. The van der Waals surface area contributed by atoms with Crippen molar-refractivity contribution >= 4 is 23.6 Å². The summed E-state index contributed by atoms with van der Waals surface area (Å²) in [7, 11) is 0. The van der Waals surface area contributed by atoms with E-state index in [9.17, 15) is 18.0 Å². The molecule has 1 aliphatic rings. The number of terminal acetylenes is 1. The van der Waals surface area contributed by atoms with Crippen LogP contribution in [0.15, 0.2) is 17.7 Å². The molecule has 1 atom stereocenters. The summed E-state index contributed by atoms with van der Waals surface area (Å²) in [5, 5.41) is 9.06. The minimum Gasteiger partial charge on any atom is -0.478 e. The van der Waals surface area contributed by atoms with Gasteiger partial charge in [-0.1, -0.05) is 24.4 Å². The molecule has 0 fully saturated rings. The molecule has 1 aliphatic heterocycles. The lowest BCUT2D eigenvalue weighted by Crippen LogP contribution is -2.54. The summed E-state index contributed by atoms with van der Waals surface area (Å²) < 4.78 is 45.5. The Bertz CT molecular complexity index is 716. The molecule has 0 aliphatic carbocycles. The van der Waals surface area contributed by atoms with Crippen LogP contribution in [0.4, 0.5) is 13.2 Å². The standard InChI is InChI=1S/C15H10ClF3O3/c1-3-8-5-9-7-10(13(20)21)14(4-2,15(17,18)19)22-12(9)11(16)6-8/h1,5-7H,4H2,2H3,(H,20,21). The molecular formula is C15H10ClF3O3. The number of alkyl halides is 3. The first-order valence-electron chi connectivity index (χ1n) is 6.17. The number of hydrogen-bond donors (Lipinski definition) is 1. The third-order valence-electron chi connectivity index (χ3n) is 3.44. The molecule has 0 amide bonds. The average molecular weight is 331 g/mol. The molecule has 1 aromatic rings. The Balaban J connectivity index is 2.78. The first-order chi connectivity index (χ1) is 10.2. The van der Waals surface area contributed by atoms with Gasteiger partial charge in [-0.05, 0) is 24.6 Å². The molecule has 22 heavy (non-hydrogen) atoms. The van der Waals surface area contributed by atoms with Gasteiger partial charge in [-0.15, -0.1) is 6.42 Å². The maximum atomic E-state index is 13.5. The molecule has 0 bridgehead atoms. The maximum Gasteiger partial charge on any atom is 0.432 e. The molecule has 1 N–H and O–H groups in total. The van der Waals surface area contributed by atoms with Crippen molar-refractivity contribution in [3.63, 3.8) is 0 Å². The largest absolute Gasteiger partial charge is 0.478 e. The van der Waals surface area contributed by atoms with Gasteiger partial charge in [0, 0.05) is 11.1 Å². The molecule has 1 aromatic carbocycles. The van der Waals surface area contributed by atoms with Crippen molar-refractivity contribution in [1.82, 2.24) is 0 Å². The lowest BCUT2D eigenvalue weighted by molar-refractivity contribution is -0.236. The smallest absolute Gasteiger partial charge is 0.432 e. The number of carboxylic acids is 1. The second-order valence-electron chi connectivity index (χ2n) is 4.66. The van der Waals surface area contributed by atoms with Gasteiger partial charge in [-0.25, -0.2) is 4.79 Å². The first-order valence-corrected chi connectivity index (χ1v) is 6.55. The summed E-state index contributed by atoms with van der Waals surface area (Å²) >= 11 is 5.92. The molecule has 0 spiro atoms. The second-order valence-corrected chi connectivity index (χ2v) is 5.07. The van der Waals surface area contributed by atoms with E-state index in [1.165, 1.54) is 19.1 Å². The van der Waals surface area contributed by atoms with Gasteiger partial charge in [0.15, 0.2) is 0 Å². The molecule has 0 aromatic heterocycles. The highest BCUT2D eigenvalue weighted by Gasteiger charge is 2.62. The number of aliphatic carboxylic acids is 1. The minimum absolute atomic E-state index is 0.103. The molecule has 7 heteroatoms. The van der Waals surface area contributed by atoms with E-state index in [1.54, 1.807) is 0 Å². The summed E-state index contributed by atoms with van der Waals surface area (Å²) in [5.41, 5.74) is -3.44. The maximum absolute atomic E-state index is 13.5. The number of hydrogen-bond acceptors (Lipinski definition) is 2. The van der Waals surface area contributed by atoms with Crippen LogP contribution in [-0.2, 0) is 4.79 Å². The normalized spacial score (nSPS) is 20.5. The third-order valence-corrected chi connectivity index (χ3v) is 3.72. The zero-order valence-electron chi connectivity index (χ0n) is 11.3. The van der Waals surface area contributed by atoms with Gasteiger partial charge >= 0.3 is 12.1 Å². The summed E-state index contributed by atoms with van der Waals surface area (Å²) in [4.78, 5) is 11.3. The Morgan fingerprint density at radius 2 is 2.14 bits per heavy atom. The van der Waals surface area contributed by atoms with E-state index in [1.807, 2.05) is 0 Å². The van der Waals surface area contributed by atoms with E-state index in [-0.39, 0.29) is 16.3 Å². The van der Waals surface area contributed by atoms with Crippen molar-refractivity contribution in [1.29, 1.82) is 0 Å². The Labute approximate surface area is 129 Å². The molecular weight excluding hydrogens is 321 g/mol. The van der Waals surface area contributed by atoms with Crippen LogP contribution in [0, 0.1) is 12.3 Å². The second kappa shape index (κ2) is 5.25. The van der Waals surface area contributed by atoms with E-state index >= 15 is 0 Å². The van der Waals surface area contributed by atoms with Gasteiger partial charge < -0.3 is 9.84 Å². The van der Waals surface area contributed by atoms with Crippen molar-refractivity contribution < 1.29 is 27.8 Å². The molecule has 2 rings (SSSR count). The molecule has 1 heterocycles. The van der Waals surface area contributed by atoms with Crippen LogP contribution in [0.25, 0.3) is 6.08 Å². The highest BCUT2D eigenvalue weighted by atomic mass is 35.5. The van der Waals surface area contributed by atoms with Crippen LogP contribution in [-0.4, -0.2) is 22.9 Å². The highest BCUT2D eigenvalue weighted by molar-refractivity contribution is 6.32. The van der Waals surface area contributed by atoms with Crippen LogP contribution in [0.3, 0.4) is 0 Å². The Morgan fingerprint density at radius 1 is 1.50 bits per heavy atom. The lowest BCUT2D eigenvalue weighted by Gasteiger charge is -2.39. The van der Waals surface area contributed by atoms with Crippen LogP contribution in [0.2, 0.25) is 5.02 Å². The van der Waals surface area contributed by atoms with Crippen LogP contribution < -0.4 is 4.74 Å². The van der Waals surface area contributed by atoms with Crippen LogP contribution in [0.5, 0.6) is 5.75 Å². The Hall–Kier alpha value is -2.13. The van der Waals surface area contributed by atoms with Crippen molar-refractivity contribution in [3.05, 3.63) is 33.9 Å². The molecule has 0 saturated carbocycles. The summed E-state index contributed by atoms with van der Waals surface area (Å²) in [6, 6.07) is 2.64. The third kappa shape index (κ3) is 2.32. The summed E-state index contributed by atoms with van der Waals surface area (Å²) in [6.45, 7) is 1.19. The van der Waals surface area contributed by atoms with Gasteiger partial charge in [-0.3, -0.25) is 0 Å². The van der Waals surface area contributed by atoms with Crippen LogP contribution in [0.1, 0.15) is 24.5 Å². The topological polar surface area (TPSA) is 46.5 Å². The van der Waals surface area contributed by atoms with E-state index in [2.05, 4.69) is 5.92 Å². The van der Waals surface area contributed by atoms with E-state index in [0.717, 1.165) is 6.08 Å². The molecule has 0 radical (unpaired) electrons. The predicted octanol–water partition coefficient (Wildman–Crippen LogP) is 3.89. The average Bonchev–Trinajstić information content (AvgIpc) is 2.44. The fourth-order valence-electron chi connectivity index (χ4n) is 2.32. The van der Waals surface area contributed by atoms with Gasteiger partial charge in [0.25, 0.3) is 0 Å². The fourth-order valence-corrected chi connectivity index (χ4v) is 2.59. The summed E-state index contributed by atoms with van der Waals surface area (Å²) in [6.07, 6.45) is 0.607. The molecule has 1 unspecified atom stereocenters. The predicted molar refractivity (Wildman–Crippen MR) is 74.7 cm³/mol. The quantitative estimate of drug-likeness (QED) is 0.837. The number of fused-ring (bicyclic) bond motifs is 1. The molecule has 0 saturated heterocycles. The highest BCUT2D eigenvalue weighted by Crippen LogP contribution is 2.49. The van der Waals surface area contributed by atoms with Gasteiger partial charge in [0.1, 0.15) is 5.75 Å². The van der Waals surface area contributed by atoms with Crippen molar-refractivity contribution in [2.75, 3.05) is 0 Å². The first kappa shape index (κ1) is 16.2. The molecule has 116 valence electrons. The monoisotopic (exact) mass is 330 g/mol. The number of carboxylic acid groups (broad SMARTS) is 1. The van der Waals surface area contributed by atoms with E-state index < -0.39 is 29.7 Å². The Morgan fingerprint density at radius 3 is 2.59 bits per heavy atom. The van der Waals surface area contributed by atoms with Crippen molar-refractivity contribution in [2.24, 2.45) is 0 Å². The van der Waals surface area contributed by atoms with Crippen molar-refractivity contribution in [2.45, 2.75) is 25.1 Å². The molecule has 3 nitrogen and oxygen atoms in total. The van der Waals surface area contributed by atoms with Gasteiger partial charge in [0.2, 0.25) is 5.60 Å². The number of ether oxygens (including phenoxy) is 1. The number of benzene rings is 1. The van der Waals surface area contributed by atoms with Gasteiger partial charge in [0.05, 0.1) is 10.6 Å².